The Morgan fingerprint density at radius 1 is 1.32 bits per heavy atom. The number of rotatable bonds is 5. The van der Waals surface area contributed by atoms with E-state index in [4.69, 9.17) is 9.84 Å². The van der Waals surface area contributed by atoms with Crippen molar-refractivity contribution in [1.82, 2.24) is 10.6 Å². The minimum Gasteiger partial charge on any atom is -0.371 e. The molecular weight excluding hydrogens is 244 g/mol. The fourth-order valence-electron chi connectivity index (χ4n) is 2.34. The molecular formula is C14H20N2O3. The molecule has 104 valence electrons. The maximum atomic E-state index is 11.9. The zero-order valence-corrected chi connectivity index (χ0v) is 10.8. The van der Waals surface area contributed by atoms with Crippen LogP contribution in [0.15, 0.2) is 30.3 Å². The Hall–Kier alpha value is -1.59. The highest BCUT2D eigenvalue weighted by Gasteiger charge is 2.19. The van der Waals surface area contributed by atoms with E-state index in [1.165, 1.54) is 12.8 Å². The van der Waals surface area contributed by atoms with Gasteiger partial charge in [-0.2, -0.15) is 0 Å². The van der Waals surface area contributed by atoms with Gasteiger partial charge in [0.15, 0.2) is 6.23 Å². The second-order valence-corrected chi connectivity index (χ2v) is 4.69. The van der Waals surface area contributed by atoms with E-state index < -0.39 is 13.0 Å². The fourth-order valence-corrected chi connectivity index (χ4v) is 2.34. The van der Waals surface area contributed by atoms with Crippen LogP contribution in [0.4, 0.5) is 4.79 Å². The molecule has 0 heterocycles. The summed E-state index contributed by atoms with van der Waals surface area (Å²) in [6.07, 6.45) is 3.77. The van der Waals surface area contributed by atoms with E-state index in [0.29, 0.717) is 0 Å². The van der Waals surface area contributed by atoms with Crippen molar-refractivity contribution >= 4 is 6.03 Å². The van der Waals surface area contributed by atoms with Crippen molar-refractivity contribution in [3.63, 3.8) is 0 Å². The first kappa shape index (κ1) is 13.8. The van der Waals surface area contributed by atoms with E-state index in [-0.39, 0.29) is 12.1 Å². The lowest BCUT2D eigenvalue weighted by Crippen LogP contribution is -2.43. The highest BCUT2D eigenvalue weighted by Crippen LogP contribution is 2.18. The van der Waals surface area contributed by atoms with Crippen molar-refractivity contribution in [2.75, 3.05) is 6.79 Å². The summed E-state index contributed by atoms with van der Waals surface area (Å²) in [4.78, 5) is 11.9. The molecule has 1 saturated carbocycles. The number of hydrogen-bond donors (Lipinski definition) is 3. The number of nitrogens with one attached hydrogen (secondary N) is 2. The third-order valence-corrected chi connectivity index (χ3v) is 3.30. The van der Waals surface area contributed by atoms with Gasteiger partial charge in [-0.25, -0.2) is 4.79 Å². The first-order valence-electron chi connectivity index (χ1n) is 6.64. The molecule has 2 amide bonds. The molecule has 1 aliphatic rings. The van der Waals surface area contributed by atoms with Gasteiger partial charge in [-0.05, 0) is 12.8 Å². The highest BCUT2D eigenvalue weighted by molar-refractivity contribution is 5.74. The zero-order valence-electron chi connectivity index (χ0n) is 10.8. The van der Waals surface area contributed by atoms with Crippen molar-refractivity contribution in [3.05, 3.63) is 35.9 Å². The van der Waals surface area contributed by atoms with E-state index >= 15 is 0 Å². The van der Waals surface area contributed by atoms with Gasteiger partial charge in [-0.3, -0.25) is 0 Å². The molecule has 1 aromatic carbocycles. The second-order valence-electron chi connectivity index (χ2n) is 4.69. The number of ether oxygens (including phenoxy) is 1. The molecule has 2 rings (SSSR count). The van der Waals surface area contributed by atoms with Crippen molar-refractivity contribution in [2.45, 2.75) is 38.0 Å². The summed E-state index contributed by atoms with van der Waals surface area (Å²) in [6.45, 7) is -0.441. The number of amides is 2. The molecule has 1 atom stereocenters. The third-order valence-electron chi connectivity index (χ3n) is 3.30. The number of urea groups is 1. The number of carbonyl (C=O) groups excluding carboxylic acids is 1. The van der Waals surface area contributed by atoms with Gasteiger partial charge in [0.1, 0.15) is 6.79 Å². The lowest BCUT2D eigenvalue weighted by atomic mass is 10.2. The maximum Gasteiger partial charge on any atom is 0.317 e. The standard InChI is InChI=1S/C14H20N2O3/c17-10-19-13(11-6-2-1-3-7-11)16-14(18)15-12-8-4-5-9-12/h1-3,6-7,12-13,17H,4-5,8-10H2,(H2,15,16,18). The Balaban J connectivity index is 1.90. The van der Waals surface area contributed by atoms with E-state index in [9.17, 15) is 4.79 Å². The molecule has 1 fully saturated rings. The van der Waals surface area contributed by atoms with Gasteiger partial charge >= 0.3 is 6.03 Å². The Labute approximate surface area is 113 Å². The molecule has 5 nitrogen and oxygen atoms in total. The normalized spacial score (nSPS) is 17.1. The van der Waals surface area contributed by atoms with Gasteiger partial charge in [0.05, 0.1) is 0 Å². The van der Waals surface area contributed by atoms with Crippen LogP contribution in [0.1, 0.15) is 37.5 Å². The van der Waals surface area contributed by atoms with Gasteiger partial charge in [-0.15, -0.1) is 0 Å². The van der Waals surface area contributed by atoms with E-state index in [1.807, 2.05) is 30.3 Å². The molecule has 0 radical (unpaired) electrons. The lowest BCUT2D eigenvalue weighted by Gasteiger charge is -2.20. The Kier molecular flexibility index (Phi) is 5.18. The van der Waals surface area contributed by atoms with Crippen LogP contribution in [0.25, 0.3) is 0 Å². The van der Waals surface area contributed by atoms with Crippen LogP contribution in [0.3, 0.4) is 0 Å². The van der Waals surface area contributed by atoms with Crippen molar-refractivity contribution < 1.29 is 14.6 Å². The van der Waals surface area contributed by atoms with Gasteiger partial charge in [-0.1, -0.05) is 43.2 Å². The number of aliphatic hydroxyl groups is 1. The molecule has 3 N–H and O–H groups in total. The summed E-state index contributed by atoms with van der Waals surface area (Å²) in [5.74, 6) is 0. The van der Waals surface area contributed by atoms with Crippen LogP contribution in [0.2, 0.25) is 0 Å². The van der Waals surface area contributed by atoms with Crippen LogP contribution in [-0.2, 0) is 4.74 Å². The van der Waals surface area contributed by atoms with E-state index in [0.717, 1.165) is 18.4 Å². The smallest absolute Gasteiger partial charge is 0.317 e. The summed E-state index contributed by atoms with van der Waals surface area (Å²) < 4.78 is 5.15. The zero-order chi connectivity index (χ0) is 13.5. The van der Waals surface area contributed by atoms with Gasteiger partial charge in [0.25, 0.3) is 0 Å². The molecule has 0 spiro atoms. The minimum absolute atomic E-state index is 0.255. The maximum absolute atomic E-state index is 11.9. The summed E-state index contributed by atoms with van der Waals surface area (Å²) in [5, 5.41) is 14.6. The average molecular weight is 264 g/mol. The predicted molar refractivity (Wildman–Crippen MR) is 71.3 cm³/mol. The number of hydrogen-bond acceptors (Lipinski definition) is 3. The molecule has 1 aromatic rings. The first-order valence-corrected chi connectivity index (χ1v) is 6.64. The molecule has 0 aromatic heterocycles. The molecule has 5 heteroatoms. The Bertz CT molecular complexity index is 391. The second kappa shape index (κ2) is 7.11. The minimum atomic E-state index is -0.632. The van der Waals surface area contributed by atoms with Gasteiger partial charge < -0.3 is 20.5 Å². The molecule has 0 saturated heterocycles. The molecule has 19 heavy (non-hydrogen) atoms. The van der Waals surface area contributed by atoms with E-state index in [1.54, 1.807) is 0 Å². The van der Waals surface area contributed by atoms with Gasteiger partial charge in [0.2, 0.25) is 0 Å². The van der Waals surface area contributed by atoms with Crippen LogP contribution < -0.4 is 10.6 Å². The fraction of sp³-hybridized carbons (Fsp3) is 0.500. The van der Waals surface area contributed by atoms with Crippen LogP contribution in [-0.4, -0.2) is 24.0 Å². The summed E-state index contributed by atoms with van der Waals surface area (Å²) in [5.41, 5.74) is 0.804. The average Bonchev–Trinajstić information content (AvgIpc) is 2.92. The Morgan fingerprint density at radius 2 is 2.00 bits per heavy atom. The number of carbonyl (C=O) groups is 1. The lowest BCUT2D eigenvalue weighted by molar-refractivity contribution is -0.0601. The van der Waals surface area contributed by atoms with Crippen LogP contribution >= 0.6 is 0 Å². The van der Waals surface area contributed by atoms with Gasteiger partial charge in [0, 0.05) is 11.6 Å². The molecule has 1 unspecified atom stereocenters. The molecule has 1 aliphatic carbocycles. The molecule has 0 aliphatic heterocycles. The van der Waals surface area contributed by atoms with Crippen molar-refractivity contribution in [3.8, 4) is 0 Å². The van der Waals surface area contributed by atoms with Crippen molar-refractivity contribution in [1.29, 1.82) is 0 Å². The monoisotopic (exact) mass is 264 g/mol. The predicted octanol–water partition coefficient (Wildman–Crippen LogP) is 1.89. The molecule has 0 bridgehead atoms. The summed E-state index contributed by atoms with van der Waals surface area (Å²) in [7, 11) is 0. The largest absolute Gasteiger partial charge is 0.371 e. The highest BCUT2D eigenvalue weighted by atomic mass is 16.6. The van der Waals surface area contributed by atoms with E-state index in [2.05, 4.69) is 10.6 Å². The van der Waals surface area contributed by atoms with Crippen molar-refractivity contribution in [2.24, 2.45) is 0 Å². The number of aliphatic hydroxyl groups excluding tert-OH is 1. The summed E-state index contributed by atoms with van der Waals surface area (Å²) in [6, 6.07) is 9.30. The van der Waals surface area contributed by atoms with Crippen LogP contribution in [0, 0.1) is 0 Å². The van der Waals surface area contributed by atoms with Crippen LogP contribution in [0.5, 0.6) is 0 Å². The Morgan fingerprint density at radius 3 is 2.63 bits per heavy atom. The quantitative estimate of drug-likeness (QED) is 0.711. The first-order chi connectivity index (χ1) is 9.29. The number of benzene rings is 1. The SMILES string of the molecule is O=C(NC1CCCC1)NC(OCO)c1ccccc1. The summed E-state index contributed by atoms with van der Waals surface area (Å²) >= 11 is 0. The third kappa shape index (κ3) is 4.22. The topological polar surface area (TPSA) is 70.6 Å².